The van der Waals surface area contributed by atoms with Crippen molar-refractivity contribution < 1.29 is 19.4 Å². The van der Waals surface area contributed by atoms with Crippen molar-refractivity contribution in [3.63, 3.8) is 0 Å². The van der Waals surface area contributed by atoms with Gasteiger partial charge in [-0.25, -0.2) is 0 Å². The van der Waals surface area contributed by atoms with Crippen molar-refractivity contribution in [2.45, 2.75) is 6.10 Å². The van der Waals surface area contributed by atoms with Crippen LogP contribution in [0.1, 0.15) is 11.7 Å². The van der Waals surface area contributed by atoms with E-state index in [1.54, 1.807) is 31.4 Å². The van der Waals surface area contributed by atoms with Crippen molar-refractivity contribution in [1.29, 1.82) is 0 Å². The summed E-state index contributed by atoms with van der Waals surface area (Å²) >= 11 is 0. The predicted octanol–water partition coefficient (Wildman–Crippen LogP) is 3.08. The minimum Gasteiger partial charge on any atom is -0.497 e. The number of carbonyl (C=O) groups is 1. The molecule has 0 bridgehead atoms. The van der Waals surface area contributed by atoms with E-state index in [4.69, 9.17) is 9.47 Å². The first-order valence-corrected chi connectivity index (χ1v) is 8.36. The number of nitrogens with one attached hydrogen (secondary N) is 1. The zero-order valence-corrected chi connectivity index (χ0v) is 14.5. The summed E-state index contributed by atoms with van der Waals surface area (Å²) in [6.45, 7) is -0.00372. The lowest BCUT2D eigenvalue weighted by Gasteiger charge is -2.13. The minimum absolute atomic E-state index is 0.104. The summed E-state index contributed by atoms with van der Waals surface area (Å²) < 4.78 is 10.7. The molecule has 0 heterocycles. The van der Waals surface area contributed by atoms with Crippen molar-refractivity contribution in [2.75, 3.05) is 20.3 Å². The number of aliphatic hydroxyl groups excluding tert-OH is 1. The highest BCUT2D eigenvalue weighted by Gasteiger charge is 2.11. The SMILES string of the molecule is COc1cccc(C(O)CNC(=O)COc2ccc3ccccc3c2)c1. The molecular formula is C21H21NO4. The van der Waals surface area contributed by atoms with Crippen molar-refractivity contribution in [2.24, 2.45) is 0 Å². The molecule has 3 rings (SSSR count). The molecule has 0 fully saturated rings. The zero-order valence-electron chi connectivity index (χ0n) is 14.5. The van der Waals surface area contributed by atoms with Gasteiger partial charge in [-0.1, -0.05) is 42.5 Å². The third kappa shape index (κ3) is 4.52. The van der Waals surface area contributed by atoms with Gasteiger partial charge < -0.3 is 19.9 Å². The number of carbonyl (C=O) groups excluding carboxylic acids is 1. The molecule has 0 saturated heterocycles. The standard InChI is InChI=1S/C21H21NO4/c1-25-18-8-4-7-17(12-18)20(23)13-22-21(24)14-26-19-10-9-15-5-2-3-6-16(15)11-19/h2-12,20,23H,13-14H2,1H3,(H,22,24). The smallest absolute Gasteiger partial charge is 0.258 e. The molecule has 0 radical (unpaired) electrons. The second-order valence-corrected chi connectivity index (χ2v) is 5.89. The van der Waals surface area contributed by atoms with Gasteiger partial charge in [0.2, 0.25) is 0 Å². The molecule has 0 aliphatic heterocycles. The number of amides is 1. The third-order valence-corrected chi connectivity index (χ3v) is 4.06. The first-order valence-electron chi connectivity index (χ1n) is 8.36. The highest BCUT2D eigenvalue weighted by Crippen LogP contribution is 2.21. The van der Waals surface area contributed by atoms with Crippen molar-refractivity contribution in [1.82, 2.24) is 5.32 Å². The Labute approximate surface area is 152 Å². The predicted molar refractivity (Wildman–Crippen MR) is 100 cm³/mol. The largest absolute Gasteiger partial charge is 0.497 e. The van der Waals surface area contributed by atoms with Gasteiger partial charge >= 0.3 is 0 Å². The minimum atomic E-state index is -0.810. The lowest BCUT2D eigenvalue weighted by molar-refractivity contribution is -0.123. The molecule has 0 aliphatic rings. The number of fused-ring (bicyclic) bond motifs is 1. The van der Waals surface area contributed by atoms with Crippen LogP contribution in [-0.4, -0.2) is 31.3 Å². The number of hydrogen-bond acceptors (Lipinski definition) is 4. The maximum Gasteiger partial charge on any atom is 0.258 e. The first-order chi connectivity index (χ1) is 12.7. The number of aliphatic hydroxyl groups is 1. The number of rotatable bonds is 7. The van der Waals surface area contributed by atoms with E-state index in [2.05, 4.69) is 5.32 Å². The fourth-order valence-corrected chi connectivity index (χ4v) is 2.63. The van der Waals surface area contributed by atoms with Gasteiger partial charge in [0.1, 0.15) is 11.5 Å². The fourth-order valence-electron chi connectivity index (χ4n) is 2.63. The topological polar surface area (TPSA) is 67.8 Å². The van der Waals surface area contributed by atoms with Crippen LogP contribution in [-0.2, 0) is 4.79 Å². The third-order valence-electron chi connectivity index (χ3n) is 4.06. The molecule has 1 atom stereocenters. The summed E-state index contributed by atoms with van der Waals surface area (Å²) in [6, 6.07) is 20.7. The van der Waals surface area contributed by atoms with Gasteiger partial charge in [0.15, 0.2) is 6.61 Å². The molecule has 5 heteroatoms. The molecule has 134 valence electrons. The molecule has 0 saturated carbocycles. The van der Waals surface area contributed by atoms with Gasteiger partial charge in [-0.2, -0.15) is 0 Å². The number of benzene rings is 3. The lowest BCUT2D eigenvalue weighted by Crippen LogP contribution is -2.32. The maximum absolute atomic E-state index is 12.0. The van der Waals surface area contributed by atoms with E-state index in [1.807, 2.05) is 42.5 Å². The van der Waals surface area contributed by atoms with E-state index in [1.165, 1.54) is 0 Å². The van der Waals surface area contributed by atoms with Gasteiger partial charge in [0.05, 0.1) is 13.2 Å². The molecule has 1 amide bonds. The highest BCUT2D eigenvalue weighted by atomic mass is 16.5. The Morgan fingerprint density at radius 1 is 1.00 bits per heavy atom. The highest BCUT2D eigenvalue weighted by molar-refractivity contribution is 5.84. The molecule has 2 N–H and O–H groups in total. The number of ether oxygens (including phenoxy) is 2. The van der Waals surface area contributed by atoms with Crippen LogP contribution in [0, 0.1) is 0 Å². The second kappa shape index (κ2) is 8.36. The van der Waals surface area contributed by atoms with E-state index in [-0.39, 0.29) is 19.1 Å². The average Bonchev–Trinajstić information content (AvgIpc) is 2.70. The van der Waals surface area contributed by atoms with Gasteiger partial charge in [-0.05, 0) is 40.6 Å². The molecule has 0 aromatic heterocycles. The molecule has 26 heavy (non-hydrogen) atoms. The molecule has 5 nitrogen and oxygen atoms in total. The van der Waals surface area contributed by atoms with Gasteiger partial charge in [0.25, 0.3) is 5.91 Å². The molecule has 1 unspecified atom stereocenters. The van der Waals surface area contributed by atoms with Crippen LogP contribution in [0.4, 0.5) is 0 Å². The summed E-state index contributed by atoms with van der Waals surface area (Å²) in [4.78, 5) is 12.0. The average molecular weight is 351 g/mol. The zero-order chi connectivity index (χ0) is 18.4. The Morgan fingerprint density at radius 3 is 2.62 bits per heavy atom. The Kier molecular flexibility index (Phi) is 5.71. The summed E-state index contributed by atoms with van der Waals surface area (Å²) in [5.74, 6) is 1.000. The van der Waals surface area contributed by atoms with E-state index in [0.29, 0.717) is 17.1 Å². The maximum atomic E-state index is 12.0. The lowest BCUT2D eigenvalue weighted by atomic mass is 10.1. The first kappa shape index (κ1) is 17.8. The van der Waals surface area contributed by atoms with Crippen molar-refractivity contribution in [3.05, 3.63) is 72.3 Å². The van der Waals surface area contributed by atoms with Gasteiger partial charge in [0, 0.05) is 6.54 Å². The normalized spacial score (nSPS) is 11.8. The molecule has 0 spiro atoms. The van der Waals surface area contributed by atoms with Crippen molar-refractivity contribution >= 4 is 16.7 Å². The van der Waals surface area contributed by atoms with Gasteiger partial charge in [-0.3, -0.25) is 4.79 Å². The Bertz CT molecular complexity index is 894. The van der Waals surface area contributed by atoms with E-state index >= 15 is 0 Å². The Morgan fingerprint density at radius 2 is 1.81 bits per heavy atom. The fraction of sp³-hybridized carbons (Fsp3) is 0.190. The summed E-state index contributed by atoms with van der Waals surface area (Å²) in [5, 5.41) is 15.0. The molecule has 3 aromatic carbocycles. The summed E-state index contributed by atoms with van der Waals surface area (Å²) in [5.41, 5.74) is 0.681. The quantitative estimate of drug-likeness (QED) is 0.686. The monoisotopic (exact) mass is 351 g/mol. The van der Waals surface area contributed by atoms with Crippen LogP contribution < -0.4 is 14.8 Å². The van der Waals surface area contributed by atoms with Crippen molar-refractivity contribution in [3.8, 4) is 11.5 Å². The summed E-state index contributed by atoms with van der Waals surface area (Å²) in [6.07, 6.45) is -0.810. The van der Waals surface area contributed by atoms with E-state index in [9.17, 15) is 9.90 Å². The molecule has 3 aromatic rings. The van der Waals surface area contributed by atoms with Crippen LogP contribution in [0.25, 0.3) is 10.8 Å². The Hall–Kier alpha value is -3.05. The molecule has 0 aliphatic carbocycles. The van der Waals surface area contributed by atoms with Gasteiger partial charge in [-0.15, -0.1) is 0 Å². The van der Waals surface area contributed by atoms with Crippen LogP contribution in [0.3, 0.4) is 0 Å². The summed E-state index contributed by atoms with van der Waals surface area (Å²) in [7, 11) is 1.57. The number of methoxy groups -OCH3 is 1. The number of hydrogen-bond donors (Lipinski definition) is 2. The Balaban J connectivity index is 1.50. The van der Waals surface area contributed by atoms with E-state index < -0.39 is 6.10 Å². The van der Waals surface area contributed by atoms with Crippen LogP contribution in [0.2, 0.25) is 0 Å². The van der Waals surface area contributed by atoms with Crippen LogP contribution in [0.15, 0.2) is 66.7 Å². The molecular weight excluding hydrogens is 330 g/mol. The van der Waals surface area contributed by atoms with Crippen LogP contribution in [0.5, 0.6) is 11.5 Å². The van der Waals surface area contributed by atoms with E-state index in [0.717, 1.165) is 10.8 Å². The second-order valence-electron chi connectivity index (χ2n) is 5.89. The van der Waals surface area contributed by atoms with Crippen LogP contribution >= 0.6 is 0 Å².